The van der Waals surface area contributed by atoms with Gasteiger partial charge in [0, 0.05) is 32.4 Å². The molecular formula is C17H29Cl2N3O. The van der Waals surface area contributed by atoms with Crippen LogP contribution in [0.1, 0.15) is 31.7 Å². The van der Waals surface area contributed by atoms with Crippen LogP contribution >= 0.6 is 24.8 Å². The Morgan fingerprint density at radius 2 is 2.09 bits per heavy atom. The molecule has 6 heteroatoms. The van der Waals surface area contributed by atoms with Gasteiger partial charge in [-0.05, 0) is 61.9 Å². The molecule has 23 heavy (non-hydrogen) atoms. The SMILES string of the molecule is CC(CC(=O)N(C)CCc1ccncc1)C1CCCNC1.Cl.Cl. The summed E-state index contributed by atoms with van der Waals surface area (Å²) in [7, 11) is 1.91. The third-order valence-electron chi connectivity index (χ3n) is 4.55. The van der Waals surface area contributed by atoms with Crippen molar-refractivity contribution < 1.29 is 4.79 Å². The fraction of sp³-hybridized carbons (Fsp3) is 0.647. The standard InChI is InChI=1S/C17H27N3O.2ClH/c1-14(16-4-3-8-19-13-16)12-17(21)20(2)11-7-15-5-9-18-10-6-15;;/h5-6,9-10,14,16,19H,3-4,7-8,11-13H2,1-2H3;2*1H. The number of halogens is 2. The lowest BCUT2D eigenvalue weighted by atomic mass is 9.85. The maximum atomic E-state index is 12.3. The van der Waals surface area contributed by atoms with Crippen molar-refractivity contribution in [3.63, 3.8) is 0 Å². The molecule has 2 unspecified atom stereocenters. The zero-order chi connectivity index (χ0) is 15.1. The highest BCUT2D eigenvalue weighted by Crippen LogP contribution is 2.23. The monoisotopic (exact) mass is 361 g/mol. The highest BCUT2D eigenvalue weighted by Gasteiger charge is 2.23. The largest absolute Gasteiger partial charge is 0.345 e. The first-order valence-electron chi connectivity index (χ1n) is 8.00. The van der Waals surface area contributed by atoms with E-state index in [0.29, 0.717) is 18.3 Å². The van der Waals surface area contributed by atoms with Gasteiger partial charge in [0.1, 0.15) is 0 Å². The minimum Gasteiger partial charge on any atom is -0.345 e. The second-order valence-corrected chi connectivity index (χ2v) is 6.21. The number of nitrogens with one attached hydrogen (secondary N) is 1. The number of aromatic nitrogens is 1. The topological polar surface area (TPSA) is 45.2 Å². The van der Waals surface area contributed by atoms with Gasteiger partial charge in [0.2, 0.25) is 5.91 Å². The molecule has 1 fully saturated rings. The van der Waals surface area contributed by atoms with Crippen molar-refractivity contribution >= 4 is 30.7 Å². The smallest absolute Gasteiger partial charge is 0.222 e. The van der Waals surface area contributed by atoms with Crippen molar-refractivity contribution in [2.45, 2.75) is 32.6 Å². The van der Waals surface area contributed by atoms with E-state index in [2.05, 4.69) is 17.2 Å². The Balaban J connectivity index is 0.00000242. The molecule has 2 atom stereocenters. The molecule has 4 nitrogen and oxygen atoms in total. The molecule has 1 aliphatic rings. The molecule has 1 saturated heterocycles. The highest BCUT2D eigenvalue weighted by molar-refractivity contribution is 5.85. The predicted octanol–water partition coefficient (Wildman–Crippen LogP) is 2.95. The van der Waals surface area contributed by atoms with Crippen LogP contribution in [0, 0.1) is 11.8 Å². The number of pyridine rings is 1. The summed E-state index contributed by atoms with van der Waals surface area (Å²) in [4.78, 5) is 18.2. The minimum atomic E-state index is 0. The van der Waals surface area contributed by atoms with Crippen molar-refractivity contribution in [3.05, 3.63) is 30.1 Å². The van der Waals surface area contributed by atoms with Gasteiger partial charge in [0.05, 0.1) is 0 Å². The van der Waals surface area contributed by atoms with Gasteiger partial charge in [0.15, 0.2) is 0 Å². The number of carbonyl (C=O) groups is 1. The van der Waals surface area contributed by atoms with Gasteiger partial charge < -0.3 is 10.2 Å². The quantitative estimate of drug-likeness (QED) is 0.846. The summed E-state index contributed by atoms with van der Waals surface area (Å²) >= 11 is 0. The third kappa shape index (κ3) is 7.51. The molecule has 0 radical (unpaired) electrons. The lowest BCUT2D eigenvalue weighted by molar-refractivity contribution is -0.131. The second kappa shape index (κ2) is 11.7. The van der Waals surface area contributed by atoms with Gasteiger partial charge in [-0.1, -0.05) is 6.92 Å². The van der Waals surface area contributed by atoms with E-state index in [4.69, 9.17) is 0 Å². The molecule has 0 aromatic carbocycles. The average molecular weight is 362 g/mol. The molecule has 2 heterocycles. The zero-order valence-electron chi connectivity index (χ0n) is 14.0. The van der Waals surface area contributed by atoms with E-state index in [9.17, 15) is 4.79 Å². The van der Waals surface area contributed by atoms with Crippen molar-refractivity contribution in [3.8, 4) is 0 Å². The van der Waals surface area contributed by atoms with E-state index in [1.54, 1.807) is 12.4 Å². The molecule has 1 aromatic heterocycles. The number of rotatable bonds is 6. The highest BCUT2D eigenvalue weighted by atomic mass is 35.5. The van der Waals surface area contributed by atoms with E-state index in [-0.39, 0.29) is 30.7 Å². The molecule has 1 aromatic rings. The van der Waals surface area contributed by atoms with Crippen LogP contribution in [0.5, 0.6) is 0 Å². The Hall–Kier alpha value is -0.840. The first kappa shape index (κ1) is 22.2. The van der Waals surface area contributed by atoms with Crippen LogP contribution in [0.2, 0.25) is 0 Å². The molecule has 1 amide bonds. The van der Waals surface area contributed by atoms with Crippen LogP contribution in [-0.2, 0) is 11.2 Å². The van der Waals surface area contributed by atoms with E-state index in [1.165, 1.54) is 18.4 Å². The van der Waals surface area contributed by atoms with Crippen LogP contribution in [0.4, 0.5) is 0 Å². The van der Waals surface area contributed by atoms with Crippen LogP contribution in [0.25, 0.3) is 0 Å². The molecule has 1 aliphatic heterocycles. The fourth-order valence-electron chi connectivity index (χ4n) is 2.93. The Kier molecular flexibility index (Phi) is 11.2. The molecule has 0 saturated carbocycles. The summed E-state index contributed by atoms with van der Waals surface area (Å²) in [5.41, 5.74) is 1.23. The van der Waals surface area contributed by atoms with Crippen molar-refractivity contribution in [1.29, 1.82) is 0 Å². The van der Waals surface area contributed by atoms with Gasteiger partial charge in [0.25, 0.3) is 0 Å². The number of nitrogens with zero attached hydrogens (tertiary/aromatic N) is 2. The van der Waals surface area contributed by atoms with Crippen molar-refractivity contribution in [2.24, 2.45) is 11.8 Å². The van der Waals surface area contributed by atoms with Crippen molar-refractivity contribution in [2.75, 3.05) is 26.7 Å². The second-order valence-electron chi connectivity index (χ2n) is 6.21. The van der Waals surface area contributed by atoms with Crippen LogP contribution < -0.4 is 5.32 Å². The van der Waals surface area contributed by atoms with Gasteiger partial charge in [-0.15, -0.1) is 24.8 Å². The minimum absolute atomic E-state index is 0. The van der Waals surface area contributed by atoms with Crippen LogP contribution in [-0.4, -0.2) is 42.5 Å². The molecule has 132 valence electrons. The number of carbonyl (C=O) groups excluding carboxylic acids is 1. The number of likely N-dealkylation sites (N-methyl/N-ethyl adjacent to an activating group) is 1. The van der Waals surface area contributed by atoms with E-state index < -0.39 is 0 Å². The molecule has 0 spiro atoms. The number of hydrogen-bond donors (Lipinski definition) is 1. The Labute approximate surface area is 152 Å². The lowest BCUT2D eigenvalue weighted by Gasteiger charge is -2.29. The lowest BCUT2D eigenvalue weighted by Crippen LogP contribution is -2.36. The normalized spacial score (nSPS) is 18.3. The molecule has 0 aliphatic carbocycles. The van der Waals surface area contributed by atoms with E-state index in [0.717, 1.165) is 26.1 Å². The van der Waals surface area contributed by atoms with Crippen LogP contribution in [0.3, 0.4) is 0 Å². The maximum absolute atomic E-state index is 12.3. The molecule has 0 bridgehead atoms. The summed E-state index contributed by atoms with van der Waals surface area (Å²) in [5.74, 6) is 1.38. The van der Waals surface area contributed by atoms with Gasteiger partial charge in [-0.25, -0.2) is 0 Å². The summed E-state index contributed by atoms with van der Waals surface area (Å²) in [6.07, 6.45) is 7.65. The Bertz CT molecular complexity index is 439. The van der Waals surface area contributed by atoms with Gasteiger partial charge in [-0.3, -0.25) is 9.78 Å². The first-order chi connectivity index (χ1) is 10.2. The maximum Gasteiger partial charge on any atom is 0.222 e. The predicted molar refractivity (Wildman–Crippen MR) is 99.4 cm³/mol. The molecule has 1 N–H and O–H groups in total. The molecular weight excluding hydrogens is 333 g/mol. The Morgan fingerprint density at radius 3 is 2.70 bits per heavy atom. The molecule has 2 rings (SSSR count). The Morgan fingerprint density at radius 1 is 1.39 bits per heavy atom. The van der Waals surface area contributed by atoms with Gasteiger partial charge >= 0.3 is 0 Å². The average Bonchev–Trinajstić information content (AvgIpc) is 2.54. The fourth-order valence-corrected chi connectivity index (χ4v) is 2.93. The summed E-state index contributed by atoms with van der Waals surface area (Å²) in [5, 5.41) is 3.43. The number of hydrogen-bond acceptors (Lipinski definition) is 3. The summed E-state index contributed by atoms with van der Waals surface area (Å²) in [6.45, 7) is 5.18. The number of piperidine rings is 1. The van der Waals surface area contributed by atoms with Crippen LogP contribution in [0.15, 0.2) is 24.5 Å². The van der Waals surface area contributed by atoms with Gasteiger partial charge in [-0.2, -0.15) is 0 Å². The third-order valence-corrected chi connectivity index (χ3v) is 4.55. The zero-order valence-corrected chi connectivity index (χ0v) is 15.7. The summed E-state index contributed by atoms with van der Waals surface area (Å²) < 4.78 is 0. The summed E-state index contributed by atoms with van der Waals surface area (Å²) in [6, 6.07) is 4.02. The van der Waals surface area contributed by atoms with Crippen molar-refractivity contribution in [1.82, 2.24) is 15.2 Å². The van der Waals surface area contributed by atoms with E-state index in [1.807, 2.05) is 24.1 Å². The first-order valence-corrected chi connectivity index (χ1v) is 8.00. The van der Waals surface area contributed by atoms with E-state index >= 15 is 0 Å². The number of amides is 1.